The van der Waals surface area contributed by atoms with Crippen molar-refractivity contribution in [2.45, 2.75) is 19.3 Å². The number of benzene rings is 1. The van der Waals surface area contributed by atoms with E-state index in [0.29, 0.717) is 12.3 Å². The fourth-order valence-corrected chi connectivity index (χ4v) is 1.69. The second-order valence-electron chi connectivity index (χ2n) is 4.11. The van der Waals surface area contributed by atoms with Crippen molar-refractivity contribution in [1.29, 1.82) is 0 Å². The number of hydrogen-bond donors (Lipinski definition) is 1. The summed E-state index contributed by atoms with van der Waals surface area (Å²) < 4.78 is 10.2. The van der Waals surface area contributed by atoms with Crippen LogP contribution in [0.3, 0.4) is 0 Å². The van der Waals surface area contributed by atoms with Crippen molar-refractivity contribution >= 4 is 11.7 Å². The number of carbonyl (C=O) groups excluding carboxylic acids is 1. The summed E-state index contributed by atoms with van der Waals surface area (Å²) in [5.41, 5.74) is 6.34. The molecule has 0 saturated heterocycles. The summed E-state index contributed by atoms with van der Waals surface area (Å²) in [5, 5.41) is 0. The number of esters is 1. The van der Waals surface area contributed by atoms with Gasteiger partial charge in [0, 0.05) is 12.8 Å². The lowest BCUT2D eigenvalue weighted by atomic mass is 9.83. The maximum absolute atomic E-state index is 12.0. The van der Waals surface area contributed by atoms with Gasteiger partial charge in [-0.25, -0.2) is 0 Å². The minimum Gasteiger partial charge on any atom is -0.465 e. The molecule has 4 nitrogen and oxygen atoms in total. The van der Waals surface area contributed by atoms with Gasteiger partial charge in [0.15, 0.2) is 0 Å². The van der Waals surface area contributed by atoms with E-state index in [0.717, 1.165) is 5.56 Å². The zero-order valence-corrected chi connectivity index (χ0v) is 10.5. The van der Waals surface area contributed by atoms with Crippen molar-refractivity contribution in [3.8, 4) is 0 Å². The predicted octanol–water partition coefficient (Wildman–Crippen LogP) is 1.74. The highest BCUT2D eigenvalue weighted by molar-refractivity contribution is 5.83. The van der Waals surface area contributed by atoms with E-state index >= 15 is 0 Å². The Morgan fingerprint density at radius 1 is 1.35 bits per heavy atom. The average Bonchev–Trinajstić information content (AvgIpc) is 2.30. The molecule has 1 aromatic carbocycles. The quantitative estimate of drug-likeness (QED) is 0.626. The lowest BCUT2D eigenvalue weighted by Gasteiger charge is -2.26. The minimum atomic E-state index is -0.793. The molecule has 0 aliphatic heterocycles. The maximum Gasteiger partial charge on any atom is 0.318 e. The van der Waals surface area contributed by atoms with E-state index in [4.69, 9.17) is 15.2 Å². The van der Waals surface area contributed by atoms with Crippen LogP contribution in [0.1, 0.15) is 19.4 Å². The molecule has 0 heterocycles. The molecule has 0 aliphatic carbocycles. The smallest absolute Gasteiger partial charge is 0.318 e. The summed E-state index contributed by atoms with van der Waals surface area (Å²) in [4.78, 5) is 12.0. The number of rotatable bonds is 5. The molecule has 1 rings (SSSR count). The first-order valence-corrected chi connectivity index (χ1v) is 5.56. The van der Waals surface area contributed by atoms with E-state index in [1.54, 1.807) is 33.1 Å². The molecule has 0 bridgehead atoms. The van der Waals surface area contributed by atoms with E-state index in [1.165, 1.54) is 0 Å². The lowest BCUT2D eigenvalue weighted by Crippen LogP contribution is -2.38. The van der Waals surface area contributed by atoms with E-state index in [9.17, 15) is 4.79 Å². The number of nitrogens with two attached hydrogens (primary N) is 1. The monoisotopic (exact) mass is 237 g/mol. The topological polar surface area (TPSA) is 61.5 Å². The minimum absolute atomic E-state index is 0.274. The van der Waals surface area contributed by atoms with Gasteiger partial charge >= 0.3 is 5.97 Å². The van der Waals surface area contributed by atoms with Gasteiger partial charge in [-0.1, -0.05) is 12.1 Å². The summed E-state index contributed by atoms with van der Waals surface area (Å²) in [6.45, 7) is 4.22. The molecule has 1 aromatic rings. The first kappa shape index (κ1) is 13.5. The highest BCUT2D eigenvalue weighted by Crippen LogP contribution is 2.26. The summed E-state index contributed by atoms with van der Waals surface area (Å²) in [7, 11) is 1.56. The van der Waals surface area contributed by atoms with Crippen LogP contribution in [0.5, 0.6) is 0 Å². The van der Waals surface area contributed by atoms with Gasteiger partial charge in [-0.15, -0.1) is 0 Å². The van der Waals surface area contributed by atoms with E-state index in [2.05, 4.69) is 0 Å². The van der Waals surface area contributed by atoms with Crippen molar-refractivity contribution in [3.63, 3.8) is 0 Å². The Hall–Kier alpha value is -1.55. The first-order valence-electron chi connectivity index (χ1n) is 5.56. The Morgan fingerprint density at radius 3 is 2.41 bits per heavy atom. The molecule has 94 valence electrons. The van der Waals surface area contributed by atoms with Crippen LogP contribution in [-0.4, -0.2) is 26.3 Å². The molecule has 4 heteroatoms. The molecule has 0 aromatic heterocycles. The SMILES string of the molecule is CCOC(=O)C(C)(COC)c1ccc(N)cc1. The summed E-state index contributed by atoms with van der Waals surface area (Å²) >= 11 is 0. The number of nitrogen functional groups attached to an aromatic ring is 1. The standard InChI is InChI=1S/C13H19NO3/c1-4-17-12(15)13(2,9-16-3)10-5-7-11(14)8-6-10/h5-8H,4,9,14H2,1-3H3. The number of hydrogen-bond acceptors (Lipinski definition) is 4. The number of carbonyl (C=O) groups is 1. The highest BCUT2D eigenvalue weighted by Gasteiger charge is 2.36. The third-order valence-electron chi connectivity index (χ3n) is 2.71. The zero-order valence-electron chi connectivity index (χ0n) is 10.5. The van der Waals surface area contributed by atoms with Crippen LogP contribution in [0.15, 0.2) is 24.3 Å². The molecular weight excluding hydrogens is 218 g/mol. The van der Waals surface area contributed by atoms with Crippen LogP contribution in [0.2, 0.25) is 0 Å². The third kappa shape index (κ3) is 2.97. The fourth-order valence-electron chi connectivity index (χ4n) is 1.69. The van der Waals surface area contributed by atoms with Gasteiger partial charge in [-0.2, -0.15) is 0 Å². The Morgan fingerprint density at radius 2 is 1.94 bits per heavy atom. The van der Waals surface area contributed by atoms with Crippen LogP contribution in [0.4, 0.5) is 5.69 Å². The van der Waals surface area contributed by atoms with E-state index in [-0.39, 0.29) is 12.6 Å². The van der Waals surface area contributed by atoms with Crippen molar-refractivity contribution in [2.75, 3.05) is 26.1 Å². The Kier molecular flexibility index (Phi) is 4.52. The zero-order chi connectivity index (χ0) is 12.9. The van der Waals surface area contributed by atoms with Gasteiger partial charge in [0.1, 0.15) is 5.41 Å². The number of methoxy groups -OCH3 is 1. The van der Waals surface area contributed by atoms with Gasteiger partial charge in [0.05, 0.1) is 13.2 Å². The number of anilines is 1. The molecule has 0 aliphatic rings. The Balaban J connectivity index is 3.06. The van der Waals surface area contributed by atoms with Crippen LogP contribution >= 0.6 is 0 Å². The van der Waals surface area contributed by atoms with Gasteiger partial charge in [0.25, 0.3) is 0 Å². The summed E-state index contributed by atoms with van der Waals surface area (Å²) in [6.07, 6.45) is 0. The van der Waals surface area contributed by atoms with Gasteiger partial charge in [0.2, 0.25) is 0 Å². The van der Waals surface area contributed by atoms with Crippen LogP contribution in [0, 0.1) is 0 Å². The van der Waals surface area contributed by atoms with Crippen molar-refractivity contribution in [2.24, 2.45) is 0 Å². The largest absolute Gasteiger partial charge is 0.465 e. The summed E-state index contributed by atoms with van der Waals surface area (Å²) in [5.74, 6) is -0.286. The summed E-state index contributed by atoms with van der Waals surface area (Å²) in [6, 6.07) is 7.18. The molecule has 17 heavy (non-hydrogen) atoms. The molecule has 1 unspecified atom stereocenters. The molecule has 0 radical (unpaired) electrons. The van der Waals surface area contributed by atoms with Crippen molar-refractivity contribution < 1.29 is 14.3 Å². The van der Waals surface area contributed by atoms with Crippen LogP contribution in [-0.2, 0) is 19.7 Å². The third-order valence-corrected chi connectivity index (χ3v) is 2.71. The van der Waals surface area contributed by atoms with E-state index in [1.807, 2.05) is 12.1 Å². The van der Waals surface area contributed by atoms with Crippen molar-refractivity contribution in [1.82, 2.24) is 0 Å². The second-order valence-corrected chi connectivity index (χ2v) is 4.11. The molecule has 0 amide bonds. The van der Waals surface area contributed by atoms with Crippen LogP contribution in [0.25, 0.3) is 0 Å². The predicted molar refractivity (Wildman–Crippen MR) is 66.7 cm³/mol. The lowest BCUT2D eigenvalue weighted by molar-refractivity contribution is -0.151. The molecule has 2 N–H and O–H groups in total. The molecular formula is C13H19NO3. The molecule has 1 atom stereocenters. The highest BCUT2D eigenvalue weighted by atomic mass is 16.5. The average molecular weight is 237 g/mol. The second kappa shape index (κ2) is 5.68. The molecule has 0 spiro atoms. The van der Waals surface area contributed by atoms with Gasteiger partial charge < -0.3 is 15.2 Å². The van der Waals surface area contributed by atoms with Gasteiger partial charge in [-0.05, 0) is 31.5 Å². The van der Waals surface area contributed by atoms with Crippen molar-refractivity contribution in [3.05, 3.63) is 29.8 Å². The van der Waals surface area contributed by atoms with Gasteiger partial charge in [-0.3, -0.25) is 4.79 Å². The normalized spacial score (nSPS) is 14.1. The Bertz CT molecular complexity index is 375. The first-order chi connectivity index (χ1) is 8.04. The fraction of sp³-hybridized carbons (Fsp3) is 0.462. The molecule has 0 saturated carbocycles. The maximum atomic E-state index is 12.0. The van der Waals surface area contributed by atoms with E-state index < -0.39 is 5.41 Å². The number of ether oxygens (including phenoxy) is 2. The molecule has 0 fully saturated rings. The Labute approximate surface area is 102 Å². The van der Waals surface area contributed by atoms with Crippen LogP contribution < -0.4 is 5.73 Å².